The van der Waals surface area contributed by atoms with E-state index in [0.717, 1.165) is 12.8 Å². The summed E-state index contributed by atoms with van der Waals surface area (Å²) in [6, 6.07) is 0.182. The molecular formula is C6H15Cl2N. The van der Waals surface area contributed by atoms with E-state index in [1.807, 2.05) is 6.92 Å². The molecule has 1 nitrogen and oxygen atoms in total. The minimum absolute atomic E-state index is 0. The predicted molar refractivity (Wildman–Crippen MR) is 45.4 cm³/mol. The molecule has 58 valence electrons. The molecule has 0 saturated carbocycles. The zero-order chi connectivity index (χ0) is 6.57. The Morgan fingerprint density at radius 3 is 1.89 bits per heavy atom. The van der Waals surface area contributed by atoms with Gasteiger partial charge in [0.1, 0.15) is 0 Å². The van der Waals surface area contributed by atoms with Crippen LogP contribution in [-0.4, -0.2) is 11.4 Å². The molecule has 9 heavy (non-hydrogen) atoms. The summed E-state index contributed by atoms with van der Waals surface area (Å²) < 4.78 is 0. The van der Waals surface area contributed by atoms with Gasteiger partial charge >= 0.3 is 0 Å². The normalized spacial score (nSPS) is 16.0. The molecule has 2 unspecified atom stereocenters. The third kappa shape index (κ3) is 5.01. The van der Waals surface area contributed by atoms with Gasteiger partial charge < -0.3 is 5.73 Å². The number of rotatable bonds is 3. The van der Waals surface area contributed by atoms with Crippen LogP contribution >= 0.6 is 24.0 Å². The smallest absolute Gasteiger partial charge is 0.0484 e. The molecule has 2 atom stereocenters. The number of hydrogen-bond donors (Lipinski definition) is 1. The fourth-order valence-corrected chi connectivity index (χ4v) is 0.737. The molecule has 0 radical (unpaired) electrons. The molecule has 0 aromatic rings. The molecule has 0 amide bonds. The van der Waals surface area contributed by atoms with Crippen LogP contribution in [-0.2, 0) is 0 Å². The van der Waals surface area contributed by atoms with Crippen molar-refractivity contribution in [3.63, 3.8) is 0 Å². The molecule has 0 bridgehead atoms. The van der Waals surface area contributed by atoms with Gasteiger partial charge in [-0.15, -0.1) is 24.0 Å². The molecule has 3 heteroatoms. The summed E-state index contributed by atoms with van der Waals surface area (Å²) >= 11 is 5.79. The topological polar surface area (TPSA) is 26.0 Å². The van der Waals surface area contributed by atoms with Crippen LogP contribution in [0.15, 0.2) is 0 Å². The molecule has 0 saturated heterocycles. The van der Waals surface area contributed by atoms with Gasteiger partial charge in [-0.1, -0.05) is 13.8 Å². The number of halogens is 2. The van der Waals surface area contributed by atoms with Crippen LogP contribution in [0.1, 0.15) is 26.7 Å². The van der Waals surface area contributed by atoms with Gasteiger partial charge in [-0.2, -0.15) is 0 Å². The maximum atomic E-state index is 5.79. The minimum atomic E-state index is 0. The molecule has 0 spiro atoms. The molecule has 0 aromatic carbocycles. The maximum Gasteiger partial charge on any atom is 0.0484 e. The van der Waals surface area contributed by atoms with Gasteiger partial charge in [0.15, 0.2) is 0 Å². The van der Waals surface area contributed by atoms with E-state index >= 15 is 0 Å². The van der Waals surface area contributed by atoms with E-state index in [-0.39, 0.29) is 23.8 Å². The second kappa shape index (κ2) is 6.66. The molecule has 0 aliphatic rings. The van der Waals surface area contributed by atoms with Gasteiger partial charge in [-0.25, -0.2) is 0 Å². The van der Waals surface area contributed by atoms with E-state index in [2.05, 4.69) is 6.92 Å². The van der Waals surface area contributed by atoms with E-state index in [1.165, 1.54) is 0 Å². The molecule has 0 aliphatic carbocycles. The lowest BCUT2D eigenvalue weighted by molar-refractivity contribution is 0.595. The van der Waals surface area contributed by atoms with Crippen molar-refractivity contribution in [2.24, 2.45) is 5.73 Å². The highest BCUT2D eigenvalue weighted by Crippen LogP contribution is 2.06. The summed E-state index contributed by atoms with van der Waals surface area (Å²) in [5.74, 6) is 0. The number of nitrogens with two attached hydrogens (primary N) is 1. The molecule has 0 fully saturated rings. The Hall–Kier alpha value is 0.540. The van der Waals surface area contributed by atoms with Crippen molar-refractivity contribution in [1.29, 1.82) is 0 Å². The van der Waals surface area contributed by atoms with Crippen LogP contribution in [0, 0.1) is 0 Å². The molecule has 0 heterocycles. The first-order chi connectivity index (χ1) is 3.72. The SMILES string of the molecule is CCC(N)C(Cl)CC.Cl. The Kier molecular flexibility index (Phi) is 9.05. The second-order valence-electron chi connectivity index (χ2n) is 2.00. The van der Waals surface area contributed by atoms with Gasteiger partial charge in [-0.05, 0) is 12.8 Å². The fraction of sp³-hybridized carbons (Fsp3) is 1.00. The lowest BCUT2D eigenvalue weighted by Crippen LogP contribution is -2.29. The van der Waals surface area contributed by atoms with Gasteiger partial charge in [-0.3, -0.25) is 0 Å². The van der Waals surface area contributed by atoms with Crippen molar-refractivity contribution < 1.29 is 0 Å². The standard InChI is InChI=1S/C6H14ClN.ClH/c1-3-5(7)6(8)4-2;/h5-6H,3-4,8H2,1-2H3;1H. The average Bonchev–Trinajstić information content (AvgIpc) is 1.84. The van der Waals surface area contributed by atoms with E-state index in [9.17, 15) is 0 Å². The first-order valence-electron chi connectivity index (χ1n) is 3.12. The summed E-state index contributed by atoms with van der Waals surface area (Å²) in [6.45, 7) is 4.10. The third-order valence-electron chi connectivity index (χ3n) is 1.33. The first-order valence-corrected chi connectivity index (χ1v) is 3.55. The highest BCUT2D eigenvalue weighted by atomic mass is 35.5. The van der Waals surface area contributed by atoms with E-state index in [4.69, 9.17) is 17.3 Å². The van der Waals surface area contributed by atoms with Crippen molar-refractivity contribution >= 4 is 24.0 Å². The molecule has 0 aromatic heterocycles. The first kappa shape index (κ1) is 12.2. The van der Waals surface area contributed by atoms with Crippen molar-refractivity contribution in [2.45, 2.75) is 38.1 Å². The van der Waals surface area contributed by atoms with Gasteiger partial charge in [0, 0.05) is 11.4 Å². The highest BCUT2D eigenvalue weighted by Gasteiger charge is 2.08. The Morgan fingerprint density at radius 2 is 1.78 bits per heavy atom. The summed E-state index contributed by atoms with van der Waals surface area (Å²) in [4.78, 5) is 0. The fourth-order valence-electron chi connectivity index (χ4n) is 0.559. The largest absolute Gasteiger partial charge is 0.326 e. The van der Waals surface area contributed by atoms with Crippen LogP contribution in [0.5, 0.6) is 0 Å². The zero-order valence-electron chi connectivity index (χ0n) is 5.93. The maximum absolute atomic E-state index is 5.79. The Balaban J connectivity index is 0. The summed E-state index contributed by atoms with van der Waals surface area (Å²) in [5, 5.41) is 0.167. The molecule has 2 N–H and O–H groups in total. The van der Waals surface area contributed by atoms with Gasteiger partial charge in [0.05, 0.1) is 0 Å². The van der Waals surface area contributed by atoms with Gasteiger partial charge in [0.2, 0.25) is 0 Å². The van der Waals surface area contributed by atoms with E-state index < -0.39 is 0 Å². The average molecular weight is 172 g/mol. The number of hydrogen-bond acceptors (Lipinski definition) is 1. The Bertz CT molecular complexity index is 51.0. The van der Waals surface area contributed by atoms with Crippen LogP contribution in [0.3, 0.4) is 0 Å². The van der Waals surface area contributed by atoms with Crippen molar-refractivity contribution in [1.82, 2.24) is 0 Å². The molecule has 0 aliphatic heterocycles. The Morgan fingerprint density at radius 1 is 1.33 bits per heavy atom. The van der Waals surface area contributed by atoms with E-state index in [0.29, 0.717) is 0 Å². The minimum Gasteiger partial charge on any atom is -0.326 e. The van der Waals surface area contributed by atoms with Gasteiger partial charge in [0.25, 0.3) is 0 Å². The second-order valence-corrected chi connectivity index (χ2v) is 2.56. The van der Waals surface area contributed by atoms with Crippen LogP contribution in [0.4, 0.5) is 0 Å². The lowest BCUT2D eigenvalue weighted by atomic mass is 10.1. The zero-order valence-corrected chi connectivity index (χ0v) is 7.50. The van der Waals surface area contributed by atoms with Crippen LogP contribution in [0.2, 0.25) is 0 Å². The summed E-state index contributed by atoms with van der Waals surface area (Å²) in [7, 11) is 0. The molecule has 0 rings (SSSR count). The van der Waals surface area contributed by atoms with Crippen LogP contribution in [0.25, 0.3) is 0 Å². The predicted octanol–water partition coefficient (Wildman–Crippen LogP) is 2.16. The third-order valence-corrected chi connectivity index (χ3v) is 1.96. The van der Waals surface area contributed by atoms with Crippen molar-refractivity contribution in [3.8, 4) is 0 Å². The van der Waals surface area contributed by atoms with Crippen LogP contribution < -0.4 is 5.73 Å². The summed E-state index contributed by atoms with van der Waals surface area (Å²) in [6.07, 6.45) is 1.94. The van der Waals surface area contributed by atoms with E-state index in [1.54, 1.807) is 0 Å². The highest BCUT2D eigenvalue weighted by molar-refractivity contribution is 6.21. The number of alkyl halides is 1. The van der Waals surface area contributed by atoms with Crippen molar-refractivity contribution in [3.05, 3.63) is 0 Å². The molecular weight excluding hydrogens is 157 g/mol. The Labute approximate surface area is 68.4 Å². The van der Waals surface area contributed by atoms with Crippen molar-refractivity contribution in [2.75, 3.05) is 0 Å². The quantitative estimate of drug-likeness (QED) is 0.648. The summed E-state index contributed by atoms with van der Waals surface area (Å²) in [5.41, 5.74) is 5.60. The lowest BCUT2D eigenvalue weighted by Gasteiger charge is -2.12. The monoisotopic (exact) mass is 171 g/mol.